The first-order valence-electron chi connectivity index (χ1n) is 7.86. The quantitative estimate of drug-likeness (QED) is 0.751. The highest BCUT2D eigenvalue weighted by molar-refractivity contribution is 7.83. The Morgan fingerprint density at radius 1 is 1.32 bits per heavy atom. The van der Waals surface area contributed by atoms with Gasteiger partial charge in [0.25, 0.3) is 0 Å². The van der Waals surface area contributed by atoms with Gasteiger partial charge < -0.3 is 9.47 Å². The average Bonchev–Trinajstić information content (AvgIpc) is 2.53. The van der Waals surface area contributed by atoms with E-state index < -0.39 is 11.0 Å². The van der Waals surface area contributed by atoms with E-state index in [-0.39, 0.29) is 18.3 Å². The van der Waals surface area contributed by atoms with Gasteiger partial charge in [0.05, 0.1) is 11.0 Å². The number of nitrogens with zero attached hydrogens (tertiary/aromatic N) is 1. The third-order valence-corrected chi connectivity index (χ3v) is 4.85. The van der Waals surface area contributed by atoms with E-state index in [1.165, 1.54) is 0 Å². The fourth-order valence-electron chi connectivity index (χ4n) is 2.17. The van der Waals surface area contributed by atoms with Crippen molar-refractivity contribution in [3.8, 4) is 0 Å². The van der Waals surface area contributed by atoms with Crippen molar-refractivity contribution in [2.75, 3.05) is 6.61 Å². The van der Waals surface area contributed by atoms with E-state index in [1.807, 2.05) is 45.0 Å². The van der Waals surface area contributed by atoms with Gasteiger partial charge in [-0.25, -0.2) is 4.21 Å². The first-order valence-corrected chi connectivity index (χ1v) is 8.97. The van der Waals surface area contributed by atoms with Crippen LogP contribution < -0.4 is 0 Å². The molecule has 5 heteroatoms. The summed E-state index contributed by atoms with van der Waals surface area (Å²) in [7, 11) is -1.35. The molecule has 0 saturated carbocycles. The molecule has 0 radical (unpaired) electrons. The van der Waals surface area contributed by atoms with Crippen molar-refractivity contribution in [2.24, 2.45) is 10.3 Å². The molecule has 0 amide bonds. The lowest BCUT2D eigenvalue weighted by atomic mass is 10.1. The van der Waals surface area contributed by atoms with Crippen LogP contribution in [0.1, 0.15) is 38.7 Å². The molecule has 1 unspecified atom stereocenters. The minimum atomic E-state index is -1.35. The standard InChI is InChI=1S/C17H25NO3S/c1-13-7-9-16(10-8-13)22(19)18-12-14(2)15(3)21-17-6-4-5-11-20-17/h7-10,12,14-15,17H,4-6,11H2,1-3H3/b18-12+/t14-,15+,17?,22+/m1/s1. The van der Waals surface area contributed by atoms with Gasteiger partial charge in [0.2, 0.25) is 0 Å². The lowest BCUT2D eigenvalue weighted by Crippen LogP contribution is -2.30. The van der Waals surface area contributed by atoms with E-state index in [0.29, 0.717) is 0 Å². The van der Waals surface area contributed by atoms with Crippen molar-refractivity contribution >= 4 is 17.2 Å². The average molecular weight is 323 g/mol. The fourth-order valence-corrected chi connectivity index (χ4v) is 2.96. The largest absolute Gasteiger partial charge is 0.353 e. The molecule has 4 atom stereocenters. The number of aryl methyl sites for hydroxylation is 1. The van der Waals surface area contributed by atoms with Crippen LogP contribution in [0.15, 0.2) is 33.6 Å². The molecule has 1 aliphatic rings. The van der Waals surface area contributed by atoms with Gasteiger partial charge in [-0.2, -0.15) is 4.40 Å². The zero-order chi connectivity index (χ0) is 15.9. The summed E-state index contributed by atoms with van der Waals surface area (Å²) in [5.41, 5.74) is 1.15. The van der Waals surface area contributed by atoms with Crippen LogP contribution in [-0.2, 0) is 20.5 Å². The van der Waals surface area contributed by atoms with Gasteiger partial charge in [-0.05, 0) is 45.2 Å². The van der Waals surface area contributed by atoms with Gasteiger partial charge in [-0.15, -0.1) is 0 Å². The van der Waals surface area contributed by atoms with E-state index in [4.69, 9.17) is 9.47 Å². The van der Waals surface area contributed by atoms with Gasteiger partial charge in [-0.1, -0.05) is 24.6 Å². The van der Waals surface area contributed by atoms with Crippen molar-refractivity contribution in [2.45, 2.75) is 57.3 Å². The summed E-state index contributed by atoms with van der Waals surface area (Å²) in [5, 5.41) is 0. The van der Waals surface area contributed by atoms with Gasteiger partial charge in [0, 0.05) is 18.7 Å². The molecule has 22 heavy (non-hydrogen) atoms. The second-order valence-corrected chi connectivity index (χ2v) is 6.99. The molecule has 0 aromatic heterocycles. The Kier molecular flexibility index (Phi) is 6.73. The summed E-state index contributed by atoms with van der Waals surface area (Å²) in [6, 6.07) is 7.59. The highest BCUT2D eigenvalue weighted by Crippen LogP contribution is 2.18. The minimum absolute atomic E-state index is 0.0122. The van der Waals surface area contributed by atoms with Crippen LogP contribution in [0.5, 0.6) is 0 Å². The number of hydrogen-bond acceptors (Lipinski definition) is 3. The fraction of sp³-hybridized carbons (Fsp3) is 0.588. The van der Waals surface area contributed by atoms with Gasteiger partial charge >= 0.3 is 0 Å². The molecule has 0 aliphatic carbocycles. The summed E-state index contributed by atoms with van der Waals surface area (Å²) in [4.78, 5) is 0.721. The van der Waals surface area contributed by atoms with E-state index in [2.05, 4.69) is 4.40 Å². The number of benzene rings is 1. The van der Waals surface area contributed by atoms with Crippen LogP contribution in [0.25, 0.3) is 0 Å². The van der Waals surface area contributed by atoms with Crippen molar-refractivity contribution in [1.29, 1.82) is 0 Å². The molecule has 1 saturated heterocycles. The predicted octanol–water partition coefficient (Wildman–Crippen LogP) is 3.66. The molecule has 0 N–H and O–H groups in total. The van der Waals surface area contributed by atoms with E-state index in [9.17, 15) is 4.21 Å². The van der Waals surface area contributed by atoms with Gasteiger partial charge in [0.1, 0.15) is 0 Å². The topological polar surface area (TPSA) is 47.9 Å². The van der Waals surface area contributed by atoms with Crippen LogP contribution in [-0.4, -0.2) is 29.4 Å². The number of hydrogen-bond donors (Lipinski definition) is 0. The molecule has 0 spiro atoms. The van der Waals surface area contributed by atoms with E-state index in [0.717, 1.165) is 36.3 Å². The smallest absolute Gasteiger partial charge is 0.172 e. The maximum atomic E-state index is 12.1. The summed E-state index contributed by atoms with van der Waals surface area (Å²) < 4.78 is 27.8. The van der Waals surface area contributed by atoms with Crippen molar-refractivity contribution < 1.29 is 13.7 Å². The number of ether oxygens (including phenoxy) is 2. The second kappa shape index (κ2) is 8.56. The Hall–Kier alpha value is -1.04. The molecule has 1 aromatic carbocycles. The highest BCUT2D eigenvalue weighted by atomic mass is 32.2. The molecule has 0 bridgehead atoms. The molecule has 1 fully saturated rings. The van der Waals surface area contributed by atoms with Gasteiger partial charge in [0.15, 0.2) is 17.3 Å². The van der Waals surface area contributed by atoms with Crippen molar-refractivity contribution in [3.05, 3.63) is 29.8 Å². The predicted molar refractivity (Wildman–Crippen MR) is 89.4 cm³/mol. The lowest BCUT2D eigenvalue weighted by molar-refractivity contribution is -0.188. The Morgan fingerprint density at radius 3 is 2.68 bits per heavy atom. The summed E-state index contributed by atoms with van der Waals surface area (Å²) in [6.07, 6.45) is 4.81. The Balaban J connectivity index is 1.85. The first-order chi connectivity index (χ1) is 10.6. The van der Waals surface area contributed by atoms with Crippen molar-refractivity contribution in [1.82, 2.24) is 0 Å². The highest BCUT2D eigenvalue weighted by Gasteiger charge is 2.20. The lowest BCUT2D eigenvalue weighted by Gasteiger charge is -2.27. The Morgan fingerprint density at radius 2 is 2.05 bits per heavy atom. The molecule has 1 aromatic rings. The maximum absolute atomic E-state index is 12.1. The monoisotopic (exact) mass is 323 g/mol. The second-order valence-electron chi connectivity index (χ2n) is 5.81. The Labute approximate surface area is 135 Å². The third kappa shape index (κ3) is 5.30. The SMILES string of the molecule is Cc1ccc([S@](=O)/N=C/[C@@H](C)[C@H](C)OC2CCCCO2)cc1. The molecular formula is C17H25NO3S. The van der Waals surface area contributed by atoms with Crippen molar-refractivity contribution in [3.63, 3.8) is 0 Å². The molecule has 122 valence electrons. The van der Waals surface area contributed by atoms with E-state index >= 15 is 0 Å². The number of rotatable bonds is 6. The van der Waals surface area contributed by atoms with Crippen LogP contribution in [0.2, 0.25) is 0 Å². The van der Waals surface area contributed by atoms with E-state index in [1.54, 1.807) is 6.21 Å². The molecular weight excluding hydrogens is 298 g/mol. The third-order valence-electron chi connectivity index (χ3n) is 3.86. The normalized spacial score (nSPS) is 23.3. The van der Waals surface area contributed by atoms with Crippen LogP contribution >= 0.6 is 0 Å². The summed E-state index contributed by atoms with van der Waals surface area (Å²) in [6.45, 7) is 6.80. The first kappa shape index (κ1) is 17.3. The zero-order valence-electron chi connectivity index (χ0n) is 13.5. The Bertz CT molecular complexity index is 509. The summed E-state index contributed by atoms with van der Waals surface area (Å²) in [5.74, 6) is 0.0833. The minimum Gasteiger partial charge on any atom is -0.353 e. The zero-order valence-corrected chi connectivity index (χ0v) is 14.3. The van der Waals surface area contributed by atoms with Gasteiger partial charge in [-0.3, -0.25) is 0 Å². The molecule has 1 aliphatic heterocycles. The summed E-state index contributed by atoms with van der Waals surface area (Å²) >= 11 is 0. The van der Waals surface area contributed by atoms with Crippen LogP contribution in [0, 0.1) is 12.8 Å². The molecule has 4 nitrogen and oxygen atoms in total. The molecule has 2 rings (SSSR count). The maximum Gasteiger partial charge on any atom is 0.172 e. The van der Waals surface area contributed by atoms with Crippen LogP contribution in [0.4, 0.5) is 0 Å². The van der Waals surface area contributed by atoms with Crippen LogP contribution in [0.3, 0.4) is 0 Å². The molecule has 1 heterocycles.